The zero-order valence-corrected chi connectivity index (χ0v) is 9.96. The van der Waals surface area contributed by atoms with Gasteiger partial charge in [0.1, 0.15) is 7.85 Å². The van der Waals surface area contributed by atoms with E-state index in [-0.39, 0.29) is 18.2 Å². The van der Waals surface area contributed by atoms with Crippen molar-refractivity contribution < 1.29 is 18.7 Å². The molecule has 0 bridgehead atoms. The van der Waals surface area contributed by atoms with Gasteiger partial charge in [-0.25, -0.2) is 0 Å². The van der Waals surface area contributed by atoms with Gasteiger partial charge in [-0.1, -0.05) is 6.92 Å². The first-order valence-electron chi connectivity index (χ1n) is 4.46. The molecular weight excluding hydrogens is 222 g/mol. The van der Waals surface area contributed by atoms with E-state index < -0.39 is 6.72 Å². The minimum absolute atomic E-state index is 0.102. The van der Waals surface area contributed by atoms with Crippen molar-refractivity contribution in [2.24, 2.45) is 0 Å². The summed E-state index contributed by atoms with van der Waals surface area (Å²) in [6, 6.07) is -0.336. The van der Waals surface area contributed by atoms with Gasteiger partial charge in [0, 0.05) is 13.1 Å². The van der Waals surface area contributed by atoms with Gasteiger partial charge in [-0.2, -0.15) is 0 Å². The van der Waals surface area contributed by atoms with E-state index in [4.69, 9.17) is 33.4 Å². The first-order valence-corrected chi connectivity index (χ1v) is 7.05. The third-order valence-electron chi connectivity index (χ3n) is 2.13. The molecule has 1 saturated heterocycles. The first kappa shape index (κ1) is 12.6. The molecule has 4 nitrogen and oxygen atoms in total. The molecule has 1 rings (SSSR count). The van der Waals surface area contributed by atoms with E-state index in [0.717, 1.165) is 6.42 Å². The summed E-state index contributed by atoms with van der Waals surface area (Å²) in [7, 11) is 6.94. The topological polar surface area (TPSA) is 47.9 Å². The third kappa shape index (κ3) is 3.30. The molecule has 7 heteroatoms. The molecule has 14 heavy (non-hydrogen) atoms. The lowest BCUT2D eigenvalue weighted by atomic mass is 9.96. The molecular formula is C7H14BO4PS. The molecule has 1 heterocycles. The van der Waals surface area contributed by atoms with E-state index in [2.05, 4.69) is 0 Å². The quantitative estimate of drug-likeness (QED) is 0.581. The van der Waals surface area contributed by atoms with Crippen molar-refractivity contribution in [3.05, 3.63) is 0 Å². The smallest absolute Gasteiger partial charge is 0.324 e. The van der Waals surface area contributed by atoms with Crippen LogP contribution in [0.4, 0.5) is 0 Å². The Labute approximate surface area is 90.6 Å². The molecule has 0 aromatic heterocycles. The summed E-state index contributed by atoms with van der Waals surface area (Å²) >= 11 is 4.75. The lowest BCUT2D eigenvalue weighted by Crippen LogP contribution is -2.22. The Balaban J connectivity index is 2.55. The monoisotopic (exact) mass is 236 g/mol. The Kier molecular flexibility index (Phi) is 4.56. The summed E-state index contributed by atoms with van der Waals surface area (Å²) in [6.45, 7) is -1.14. The molecule has 2 radical (unpaired) electrons. The maximum Gasteiger partial charge on any atom is 0.324 e. The molecule has 0 aliphatic carbocycles. The fourth-order valence-electron chi connectivity index (χ4n) is 1.43. The molecule has 0 aromatic rings. The Morgan fingerprint density at radius 2 is 2.36 bits per heavy atom. The fraction of sp³-hybridized carbons (Fsp3) is 1.00. The fourth-order valence-corrected chi connectivity index (χ4v) is 2.41. The molecule has 0 aromatic carbocycles. The normalized spacial score (nSPS) is 36.9. The highest BCUT2D eigenvalue weighted by molar-refractivity contribution is 8.07. The predicted molar refractivity (Wildman–Crippen MR) is 57.7 cm³/mol. The Morgan fingerprint density at radius 1 is 1.71 bits per heavy atom. The molecule has 1 aliphatic heterocycles. The van der Waals surface area contributed by atoms with Crippen molar-refractivity contribution in [1.82, 2.24) is 0 Å². The predicted octanol–water partition coefficient (Wildman–Crippen LogP) is 0.928. The summed E-state index contributed by atoms with van der Waals surface area (Å²) < 4.78 is 15.3. The molecule has 4 atom stereocenters. The largest absolute Gasteiger partial charge is 0.382 e. The van der Waals surface area contributed by atoms with E-state index in [1.807, 2.05) is 6.92 Å². The van der Waals surface area contributed by atoms with E-state index in [0.29, 0.717) is 6.42 Å². The van der Waals surface area contributed by atoms with Gasteiger partial charge in [0.05, 0.1) is 12.2 Å². The highest BCUT2D eigenvalue weighted by Gasteiger charge is 2.35. The summed E-state index contributed by atoms with van der Waals surface area (Å²) in [6.07, 6.45) is 0.957. The molecule has 0 saturated carbocycles. The average molecular weight is 236 g/mol. The Morgan fingerprint density at radius 3 is 2.86 bits per heavy atom. The second-order valence-corrected chi connectivity index (χ2v) is 6.05. The van der Waals surface area contributed by atoms with Crippen molar-refractivity contribution in [3.8, 4) is 0 Å². The first-order chi connectivity index (χ1) is 6.48. The van der Waals surface area contributed by atoms with Gasteiger partial charge >= 0.3 is 6.72 Å². The zero-order chi connectivity index (χ0) is 10.8. The van der Waals surface area contributed by atoms with Crippen LogP contribution in [0.15, 0.2) is 0 Å². The number of hydrogen-bond donors (Lipinski definition) is 1. The highest BCUT2D eigenvalue weighted by atomic mass is 32.5. The lowest BCUT2D eigenvalue weighted by molar-refractivity contribution is 0.0334. The van der Waals surface area contributed by atoms with Gasteiger partial charge in [-0.05, 0) is 24.6 Å². The number of hydrogen-bond acceptors (Lipinski definition) is 4. The zero-order valence-electron chi connectivity index (χ0n) is 8.25. The summed E-state index contributed by atoms with van der Waals surface area (Å²) in [5.74, 6) is 0. The van der Waals surface area contributed by atoms with Gasteiger partial charge in [0.25, 0.3) is 0 Å². The number of ether oxygens (including phenoxy) is 1. The second-order valence-electron chi connectivity index (χ2n) is 3.15. The van der Waals surface area contributed by atoms with Gasteiger partial charge in [-0.15, -0.1) is 0 Å². The van der Waals surface area contributed by atoms with Gasteiger partial charge in [0.2, 0.25) is 0 Å². The van der Waals surface area contributed by atoms with Crippen LogP contribution in [0.25, 0.3) is 0 Å². The lowest BCUT2D eigenvalue weighted by Gasteiger charge is -2.21. The van der Waals surface area contributed by atoms with Crippen LogP contribution in [0.1, 0.15) is 19.8 Å². The Hall–Kier alpha value is 0.555. The van der Waals surface area contributed by atoms with Crippen LogP contribution in [0.3, 0.4) is 0 Å². The van der Waals surface area contributed by atoms with Crippen molar-refractivity contribution in [1.29, 1.82) is 0 Å². The average Bonchev–Trinajstić information content (AvgIpc) is 2.45. The van der Waals surface area contributed by atoms with Gasteiger partial charge in [0.15, 0.2) is 0 Å². The summed E-state index contributed by atoms with van der Waals surface area (Å²) in [5.41, 5.74) is 0. The van der Waals surface area contributed by atoms with Crippen molar-refractivity contribution in [3.63, 3.8) is 0 Å². The molecule has 80 valence electrons. The van der Waals surface area contributed by atoms with Crippen LogP contribution in [0, 0.1) is 0 Å². The van der Waals surface area contributed by atoms with E-state index in [1.54, 1.807) is 0 Å². The number of rotatable bonds is 4. The minimum Gasteiger partial charge on any atom is -0.382 e. The second kappa shape index (κ2) is 5.06. The van der Waals surface area contributed by atoms with Crippen molar-refractivity contribution in [2.75, 3.05) is 7.11 Å². The summed E-state index contributed by atoms with van der Waals surface area (Å²) in [4.78, 5) is 9.47. The molecule has 4 unspecified atom stereocenters. The van der Waals surface area contributed by atoms with Crippen LogP contribution in [0.5, 0.6) is 0 Å². The SMILES string of the molecule is [B]C1CC(OP(O)(=S)OC)C(CC)O1. The van der Waals surface area contributed by atoms with E-state index in [1.165, 1.54) is 7.11 Å². The van der Waals surface area contributed by atoms with Crippen LogP contribution in [-0.2, 0) is 25.6 Å². The van der Waals surface area contributed by atoms with E-state index >= 15 is 0 Å². The molecule has 1 N–H and O–H groups in total. The van der Waals surface area contributed by atoms with Gasteiger partial charge < -0.3 is 18.7 Å². The van der Waals surface area contributed by atoms with E-state index in [9.17, 15) is 4.89 Å². The van der Waals surface area contributed by atoms with Crippen molar-refractivity contribution >= 4 is 26.4 Å². The Bertz CT molecular complexity index is 240. The summed E-state index contributed by atoms with van der Waals surface area (Å²) in [5, 5.41) is 0. The van der Waals surface area contributed by atoms with Gasteiger partial charge in [-0.3, -0.25) is 0 Å². The highest BCUT2D eigenvalue weighted by Crippen LogP contribution is 2.46. The molecule has 0 spiro atoms. The van der Waals surface area contributed by atoms with Crippen LogP contribution < -0.4 is 0 Å². The standard InChI is InChI=1S/C7H14BO4PS/c1-3-5-6(4-7(8)11-5)12-13(9,14)10-2/h5-7H,3-4H2,1-2H3,(H,9,14). The molecule has 1 aliphatic rings. The maximum atomic E-state index is 9.47. The van der Waals surface area contributed by atoms with Crippen LogP contribution in [-0.4, -0.2) is 38.1 Å². The van der Waals surface area contributed by atoms with Crippen LogP contribution in [0.2, 0.25) is 0 Å². The van der Waals surface area contributed by atoms with Crippen molar-refractivity contribution in [2.45, 2.75) is 38.0 Å². The minimum atomic E-state index is -3.10. The maximum absolute atomic E-state index is 9.47. The molecule has 1 fully saturated rings. The third-order valence-corrected chi connectivity index (χ3v) is 3.83. The molecule has 0 amide bonds. The van der Waals surface area contributed by atoms with Crippen LogP contribution >= 0.6 is 6.72 Å².